The third-order valence-electron chi connectivity index (χ3n) is 4.68. The highest BCUT2D eigenvalue weighted by Gasteiger charge is 2.40. The molecule has 3 rings (SSSR count). The lowest BCUT2D eigenvalue weighted by molar-refractivity contribution is 0.390. The summed E-state index contributed by atoms with van der Waals surface area (Å²) < 4.78 is 27.4. The monoisotopic (exact) mass is 294 g/mol. The van der Waals surface area contributed by atoms with Crippen molar-refractivity contribution >= 4 is 10.0 Å². The molecular formula is C15H22N2O2S. The van der Waals surface area contributed by atoms with E-state index in [0.29, 0.717) is 12.5 Å². The smallest absolute Gasteiger partial charge is 0.216 e. The lowest BCUT2D eigenvalue weighted by atomic mass is 9.96. The number of hydrogen-bond acceptors (Lipinski definition) is 3. The zero-order valence-electron chi connectivity index (χ0n) is 11.6. The SMILES string of the molecule is NCc1ccc(CS(=O)(=O)NC2CC3CCC2C3)cc1. The highest BCUT2D eigenvalue weighted by molar-refractivity contribution is 7.88. The molecule has 5 heteroatoms. The van der Waals surface area contributed by atoms with Gasteiger partial charge in [-0.2, -0.15) is 0 Å². The second-order valence-corrected chi connectivity index (χ2v) is 7.93. The molecule has 2 bridgehead atoms. The van der Waals surface area contributed by atoms with Gasteiger partial charge in [0.2, 0.25) is 10.0 Å². The van der Waals surface area contributed by atoms with Crippen LogP contribution in [0.1, 0.15) is 36.8 Å². The molecule has 3 unspecified atom stereocenters. The van der Waals surface area contributed by atoms with Gasteiger partial charge in [0.05, 0.1) is 5.75 Å². The first-order valence-electron chi connectivity index (χ1n) is 7.33. The third-order valence-corrected chi connectivity index (χ3v) is 6.06. The Hall–Kier alpha value is -0.910. The van der Waals surface area contributed by atoms with E-state index >= 15 is 0 Å². The van der Waals surface area contributed by atoms with Crippen LogP contribution < -0.4 is 10.5 Å². The lowest BCUT2D eigenvalue weighted by Crippen LogP contribution is -2.39. The third kappa shape index (κ3) is 3.05. The summed E-state index contributed by atoms with van der Waals surface area (Å²) in [5.74, 6) is 1.37. The molecule has 2 fully saturated rings. The molecule has 2 saturated carbocycles. The number of rotatable bonds is 5. The zero-order valence-corrected chi connectivity index (χ0v) is 12.4. The van der Waals surface area contributed by atoms with Gasteiger partial charge in [-0.15, -0.1) is 0 Å². The predicted molar refractivity (Wildman–Crippen MR) is 79.3 cm³/mol. The van der Waals surface area contributed by atoms with E-state index in [-0.39, 0.29) is 11.8 Å². The Labute approximate surface area is 120 Å². The fraction of sp³-hybridized carbons (Fsp3) is 0.600. The maximum Gasteiger partial charge on any atom is 0.216 e. The van der Waals surface area contributed by atoms with Gasteiger partial charge in [0.25, 0.3) is 0 Å². The van der Waals surface area contributed by atoms with Crippen LogP contribution in [0.3, 0.4) is 0 Å². The van der Waals surface area contributed by atoms with Crippen LogP contribution in [0, 0.1) is 11.8 Å². The molecule has 110 valence electrons. The Bertz CT molecular complexity index is 568. The van der Waals surface area contributed by atoms with Crippen LogP contribution in [0.25, 0.3) is 0 Å². The number of benzene rings is 1. The normalized spacial score (nSPS) is 28.9. The highest BCUT2D eigenvalue weighted by atomic mass is 32.2. The lowest BCUT2D eigenvalue weighted by Gasteiger charge is -2.22. The maximum atomic E-state index is 12.3. The highest BCUT2D eigenvalue weighted by Crippen LogP contribution is 2.44. The van der Waals surface area contributed by atoms with Crippen LogP contribution in [0.5, 0.6) is 0 Å². The summed E-state index contributed by atoms with van der Waals surface area (Å²) in [6, 6.07) is 7.65. The first-order chi connectivity index (χ1) is 9.55. The molecule has 3 N–H and O–H groups in total. The number of nitrogens with one attached hydrogen (secondary N) is 1. The van der Waals surface area contributed by atoms with Crippen molar-refractivity contribution in [2.75, 3.05) is 0 Å². The Morgan fingerprint density at radius 2 is 1.80 bits per heavy atom. The number of hydrogen-bond donors (Lipinski definition) is 2. The van der Waals surface area contributed by atoms with Crippen molar-refractivity contribution in [2.24, 2.45) is 17.6 Å². The number of nitrogens with two attached hydrogens (primary N) is 1. The van der Waals surface area contributed by atoms with E-state index in [1.807, 2.05) is 24.3 Å². The first kappa shape index (κ1) is 14.0. The Kier molecular flexibility index (Phi) is 3.84. The zero-order chi connectivity index (χ0) is 14.2. The molecule has 0 spiro atoms. The largest absolute Gasteiger partial charge is 0.326 e. The van der Waals surface area contributed by atoms with Crippen LogP contribution in [-0.4, -0.2) is 14.5 Å². The molecular weight excluding hydrogens is 272 g/mol. The summed E-state index contributed by atoms with van der Waals surface area (Å²) in [6.07, 6.45) is 4.70. The molecule has 0 aliphatic heterocycles. The van der Waals surface area contributed by atoms with Gasteiger partial charge in [0.1, 0.15) is 0 Å². The standard InChI is InChI=1S/C15H22N2O2S/c16-9-11-1-3-12(4-2-11)10-20(18,19)17-15-8-13-5-6-14(15)7-13/h1-4,13-15,17H,5-10,16H2. The average molecular weight is 294 g/mol. The summed E-state index contributed by atoms with van der Waals surface area (Å²) in [5.41, 5.74) is 7.38. The van der Waals surface area contributed by atoms with E-state index in [0.717, 1.165) is 23.5 Å². The van der Waals surface area contributed by atoms with Gasteiger partial charge in [-0.3, -0.25) is 0 Å². The van der Waals surface area contributed by atoms with Gasteiger partial charge in [-0.05, 0) is 42.2 Å². The van der Waals surface area contributed by atoms with Crippen LogP contribution in [0.15, 0.2) is 24.3 Å². The number of fused-ring (bicyclic) bond motifs is 2. The van der Waals surface area contributed by atoms with Crippen LogP contribution >= 0.6 is 0 Å². The van der Waals surface area contributed by atoms with Crippen LogP contribution in [0.2, 0.25) is 0 Å². The molecule has 0 aromatic heterocycles. The molecule has 2 aliphatic carbocycles. The predicted octanol–water partition coefficient (Wildman–Crippen LogP) is 1.75. The minimum Gasteiger partial charge on any atom is -0.326 e. The molecule has 0 amide bonds. The van der Waals surface area contributed by atoms with Crippen LogP contribution in [0.4, 0.5) is 0 Å². The van der Waals surface area contributed by atoms with Crippen molar-refractivity contribution in [3.63, 3.8) is 0 Å². The van der Waals surface area contributed by atoms with E-state index in [2.05, 4.69) is 4.72 Å². The van der Waals surface area contributed by atoms with E-state index in [9.17, 15) is 8.42 Å². The van der Waals surface area contributed by atoms with E-state index in [1.54, 1.807) is 0 Å². The van der Waals surface area contributed by atoms with Gasteiger partial charge in [0.15, 0.2) is 0 Å². The topological polar surface area (TPSA) is 72.2 Å². The van der Waals surface area contributed by atoms with Gasteiger partial charge in [0, 0.05) is 12.6 Å². The molecule has 0 saturated heterocycles. The summed E-state index contributed by atoms with van der Waals surface area (Å²) >= 11 is 0. The molecule has 20 heavy (non-hydrogen) atoms. The van der Waals surface area contributed by atoms with E-state index < -0.39 is 10.0 Å². The summed E-state index contributed by atoms with van der Waals surface area (Å²) in [7, 11) is -3.24. The van der Waals surface area contributed by atoms with Crippen molar-refractivity contribution in [3.05, 3.63) is 35.4 Å². The Morgan fingerprint density at radius 3 is 2.35 bits per heavy atom. The molecule has 1 aromatic carbocycles. The van der Waals surface area contributed by atoms with Crippen molar-refractivity contribution in [2.45, 2.75) is 44.0 Å². The van der Waals surface area contributed by atoms with Crippen molar-refractivity contribution in [1.29, 1.82) is 0 Å². The van der Waals surface area contributed by atoms with Gasteiger partial charge < -0.3 is 5.73 Å². The quantitative estimate of drug-likeness (QED) is 0.869. The van der Waals surface area contributed by atoms with Crippen molar-refractivity contribution in [3.8, 4) is 0 Å². The van der Waals surface area contributed by atoms with E-state index in [4.69, 9.17) is 5.73 Å². The summed E-state index contributed by atoms with van der Waals surface area (Å²) in [4.78, 5) is 0. The van der Waals surface area contributed by atoms with E-state index in [1.165, 1.54) is 19.3 Å². The van der Waals surface area contributed by atoms with Crippen LogP contribution in [-0.2, 0) is 22.3 Å². The first-order valence-corrected chi connectivity index (χ1v) is 8.99. The fourth-order valence-corrected chi connectivity index (χ4v) is 5.12. The molecule has 4 nitrogen and oxygen atoms in total. The van der Waals surface area contributed by atoms with Crippen molar-refractivity contribution < 1.29 is 8.42 Å². The maximum absolute atomic E-state index is 12.3. The summed E-state index contributed by atoms with van der Waals surface area (Å²) in [6.45, 7) is 0.483. The number of sulfonamides is 1. The van der Waals surface area contributed by atoms with Gasteiger partial charge in [-0.1, -0.05) is 30.7 Å². The average Bonchev–Trinajstić information content (AvgIpc) is 3.01. The molecule has 3 atom stereocenters. The van der Waals surface area contributed by atoms with Gasteiger partial charge in [-0.25, -0.2) is 13.1 Å². The second-order valence-electron chi connectivity index (χ2n) is 6.18. The van der Waals surface area contributed by atoms with Crippen molar-refractivity contribution in [1.82, 2.24) is 4.72 Å². The Balaban J connectivity index is 1.63. The molecule has 1 aromatic rings. The fourth-order valence-electron chi connectivity index (χ4n) is 3.65. The minimum atomic E-state index is -3.24. The molecule has 0 heterocycles. The molecule has 2 aliphatic rings. The minimum absolute atomic E-state index is 0.0612. The van der Waals surface area contributed by atoms with Gasteiger partial charge >= 0.3 is 0 Å². The second kappa shape index (κ2) is 5.47. The summed E-state index contributed by atoms with van der Waals surface area (Å²) in [5, 5.41) is 0. The molecule has 0 radical (unpaired) electrons. The Morgan fingerprint density at radius 1 is 1.10 bits per heavy atom.